The molecule has 8 heteroatoms. The Kier molecular flexibility index (Phi) is 5.75. The number of hydrogen-bond acceptors (Lipinski definition) is 5. The van der Waals surface area contributed by atoms with Gasteiger partial charge in [0.05, 0.1) is 18.0 Å². The largest absolute Gasteiger partial charge is 0.492 e. The number of rotatable bonds is 7. The number of carbonyl (C=O) groups is 1. The second-order valence-electron chi connectivity index (χ2n) is 5.22. The normalized spacial score (nSPS) is 10.5. The standard InChI is InChI=1S/C18H17N3O4S/c1-2-24-15-11-7-6-10-14(15)19-16(22)12-26-17-18(23)25-20-21(17)13-8-4-3-5-9-13/h3-11H,2,12H2,1H3,(H-,19,20,22,23)/p+1. The van der Waals surface area contributed by atoms with Crippen LogP contribution < -0.4 is 20.4 Å². The van der Waals surface area contributed by atoms with Crippen molar-refractivity contribution in [3.8, 4) is 11.4 Å². The number of aromatic nitrogens is 2. The van der Waals surface area contributed by atoms with E-state index in [0.717, 1.165) is 17.4 Å². The molecule has 0 bridgehead atoms. The lowest BCUT2D eigenvalue weighted by molar-refractivity contribution is -0.704. The van der Waals surface area contributed by atoms with E-state index in [1.807, 2.05) is 49.4 Å². The van der Waals surface area contributed by atoms with Crippen LogP contribution in [0, 0.1) is 0 Å². The Bertz CT molecular complexity index is 937. The second-order valence-corrected chi connectivity index (χ2v) is 6.19. The van der Waals surface area contributed by atoms with Gasteiger partial charge in [0.1, 0.15) is 5.75 Å². The van der Waals surface area contributed by atoms with Gasteiger partial charge in [0.15, 0.2) is 0 Å². The summed E-state index contributed by atoms with van der Waals surface area (Å²) < 4.78 is 11.9. The van der Waals surface area contributed by atoms with E-state index in [-0.39, 0.29) is 11.7 Å². The van der Waals surface area contributed by atoms with E-state index in [1.165, 1.54) is 4.68 Å². The zero-order valence-electron chi connectivity index (χ0n) is 14.1. The summed E-state index contributed by atoms with van der Waals surface area (Å²) in [6, 6.07) is 16.4. The van der Waals surface area contributed by atoms with Crippen molar-refractivity contribution in [1.29, 1.82) is 0 Å². The van der Waals surface area contributed by atoms with Crippen LogP contribution in [0.2, 0.25) is 0 Å². The lowest BCUT2D eigenvalue weighted by Gasteiger charge is -2.10. The van der Waals surface area contributed by atoms with Crippen molar-refractivity contribution in [3.05, 3.63) is 65.0 Å². The van der Waals surface area contributed by atoms with Gasteiger partial charge in [-0.15, -0.1) is 0 Å². The first-order valence-corrected chi connectivity index (χ1v) is 9.01. The van der Waals surface area contributed by atoms with Gasteiger partial charge in [-0.25, -0.2) is 4.79 Å². The molecule has 0 spiro atoms. The highest BCUT2D eigenvalue weighted by molar-refractivity contribution is 7.99. The summed E-state index contributed by atoms with van der Waals surface area (Å²) >= 11 is 1.09. The first-order chi connectivity index (χ1) is 12.7. The molecular formula is C18H18N3O4S+. The number of para-hydroxylation sites is 3. The molecule has 2 aromatic carbocycles. The maximum atomic E-state index is 12.3. The average Bonchev–Trinajstić information content (AvgIpc) is 3.03. The molecule has 0 saturated carbocycles. The number of ether oxygens (including phenoxy) is 1. The number of benzene rings is 2. The third-order valence-corrected chi connectivity index (χ3v) is 4.45. The van der Waals surface area contributed by atoms with Crippen LogP contribution in [0.25, 0.3) is 5.69 Å². The van der Waals surface area contributed by atoms with Gasteiger partial charge in [-0.3, -0.25) is 9.32 Å². The molecule has 1 heterocycles. The molecule has 0 aliphatic heterocycles. The molecule has 0 aliphatic rings. The fourth-order valence-electron chi connectivity index (χ4n) is 2.31. The zero-order chi connectivity index (χ0) is 18.4. The molecule has 0 saturated heterocycles. The second kappa shape index (κ2) is 8.39. The molecule has 3 rings (SSSR count). The Labute approximate surface area is 153 Å². The predicted octanol–water partition coefficient (Wildman–Crippen LogP) is 2.37. The Morgan fingerprint density at radius 3 is 2.69 bits per heavy atom. The summed E-state index contributed by atoms with van der Waals surface area (Å²) in [6.45, 7) is 2.38. The number of amides is 1. The first kappa shape index (κ1) is 17.8. The Hall–Kier alpha value is -3.00. The van der Waals surface area contributed by atoms with Gasteiger partial charge in [0.2, 0.25) is 11.6 Å². The lowest BCUT2D eigenvalue weighted by Crippen LogP contribution is -2.36. The minimum atomic E-state index is -0.527. The Morgan fingerprint density at radius 2 is 1.92 bits per heavy atom. The number of aromatic amines is 1. The highest BCUT2D eigenvalue weighted by Gasteiger charge is 2.24. The zero-order valence-corrected chi connectivity index (χ0v) is 14.9. The van der Waals surface area contributed by atoms with Crippen molar-refractivity contribution in [1.82, 2.24) is 5.27 Å². The molecule has 0 fully saturated rings. The summed E-state index contributed by atoms with van der Waals surface area (Å²) in [6.07, 6.45) is 0. The fourth-order valence-corrected chi connectivity index (χ4v) is 3.08. The monoisotopic (exact) mass is 372 g/mol. The van der Waals surface area contributed by atoms with Crippen molar-refractivity contribution in [2.75, 3.05) is 17.7 Å². The molecular weight excluding hydrogens is 354 g/mol. The number of H-pyrrole nitrogens is 1. The number of carbonyl (C=O) groups excluding carboxylic acids is 1. The van der Waals surface area contributed by atoms with Crippen LogP contribution in [0.15, 0.2) is 68.9 Å². The molecule has 0 aliphatic carbocycles. The van der Waals surface area contributed by atoms with Crippen LogP contribution >= 0.6 is 11.8 Å². The van der Waals surface area contributed by atoms with E-state index >= 15 is 0 Å². The van der Waals surface area contributed by atoms with Crippen LogP contribution in [-0.4, -0.2) is 23.5 Å². The van der Waals surface area contributed by atoms with Crippen molar-refractivity contribution in [2.24, 2.45) is 0 Å². The van der Waals surface area contributed by atoms with E-state index in [0.29, 0.717) is 23.1 Å². The number of thioether (sulfide) groups is 1. The minimum absolute atomic E-state index is 0.0515. The summed E-state index contributed by atoms with van der Waals surface area (Å²) in [7, 11) is 0. The maximum absolute atomic E-state index is 12.3. The fraction of sp³-hybridized carbons (Fsp3) is 0.167. The summed E-state index contributed by atoms with van der Waals surface area (Å²) in [5.74, 6) is 0.409. The summed E-state index contributed by atoms with van der Waals surface area (Å²) in [4.78, 5) is 24.2. The smallest absolute Gasteiger partial charge is 0.442 e. The van der Waals surface area contributed by atoms with Gasteiger partial charge in [0, 0.05) is 12.1 Å². The van der Waals surface area contributed by atoms with E-state index in [1.54, 1.807) is 12.1 Å². The Balaban J connectivity index is 1.70. The Morgan fingerprint density at radius 1 is 1.19 bits per heavy atom. The molecule has 0 unspecified atom stereocenters. The highest BCUT2D eigenvalue weighted by Crippen LogP contribution is 2.24. The van der Waals surface area contributed by atoms with Gasteiger partial charge in [0.25, 0.3) is 0 Å². The molecule has 2 N–H and O–H groups in total. The van der Waals surface area contributed by atoms with E-state index in [9.17, 15) is 9.59 Å². The third kappa shape index (κ3) is 4.15. The molecule has 1 aromatic heterocycles. The van der Waals surface area contributed by atoms with Crippen LogP contribution in [-0.2, 0) is 4.79 Å². The molecule has 134 valence electrons. The molecule has 0 atom stereocenters. The topological polar surface area (TPSA) is 88.2 Å². The van der Waals surface area contributed by atoms with Crippen molar-refractivity contribution < 1.29 is 18.7 Å². The lowest BCUT2D eigenvalue weighted by atomic mass is 10.3. The number of nitrogens with zero attached hydrogens (tertiary/aromatic N) is 1. The summed E-state index contributed by atoms with van der Waals surface area (Å²) in [5, 5.41) is 5.64. The SMILES string of the molecule is CCOc1ccccc1NC(=O)CSc1c(=O)o[nH][n+]1-c1ccccc1. The predicted molar refractivity (Wildman–Crippen MR) is 97.8 cm³/mol. The quantitative estimate of drug-likeness (QED) is 0.491. The number of anilines is 1. The maximum Gasteiger partial charge on any atom is 0.442 e. The van der Waals surface area contributed by atoms with Crippen LogP contribution in [0.5, 0.6) is 5.75 Å². The van der Waals surface area contributed by atoms with Gasteiger partial charge < -0.3 is 10.1 Å². The van der Waals surface area contributed by atoms with Crippen molar-refractivity contribution in [2.45, 2.75) is 11.9 Å². The van der Waals surface area contributed by atoms with Crippen molar-refractivity contribution >= 4 is 23.4 Å². The third-order valence-electron chi connectivity index (χ3n) is 3.42. The van der Waals surface area contributed by atoms with Gasteiger partial charge in [-0.2, -0.15) is 0 Å². The number of hydrogen-bond donors (Lipinski definition) is 2. The molecule has 0 radical (unpaired) electrons. The first-order valence-electron chi connectivity index (χ1n) is 8.02. The van der Waals surface area contributed by atoms with Crippen LogP contribution in [0.3, 0.4) is 0 Å². The van der Waals surface area contributed by atoms with Gasteiger partial charge in [-0.05, 0) is 40.8 Å². The van der Waals surface area contributed by atoms with E-state index in [4.69, 9.17) is 9.26 Å². The van der Waals surface area contributed by atoms with Crippen LogP contribution in [0.4, 0.5) is 5.69 Å². The molecule has 26 heavy (non-hydrogen) atoms. The van der Waals surface area contributed by atoms with Crippen LogP contribution in [0.1, 0.15) is 6.92 Å². The summed E-state index contributed by atoms with van der Waals surface area (Å²) in [5.41, 5.74) is 0.807. The minimum Gasteiger partial charge on any atom is -0.492 e. The van der Waals surface area contributed by atoms with Gasteiger partial charge >= 0.3 is 10.7 Å². The highest BCUT2D eigenvalue weighted by atomic mass is 32.2. The molecule has 3 aromatic rings. The van der Waals surface area contributed by atoms with Gasteiger partial charge in [-0.1, -0.05) is 30.3 Å². The number of nitrogens with one attached hydrogen (secondary N) is 2. The molecule has 1 amide bonds. The van der Waals surface area contributed by atoms with Crippen molar-refractivity contribution in [3.63, 3.8) is 0 Å². The van der Waals surface area contributed by atoms with E-state index < -0.39 is 5.63 Å². The molecule has 7 nitrogen and oxygen atoms in total. The average molecular weight is 372 g/mol. The van der Waals surface area contributed by atoms with E-state index in [2.05, 4.69) is 10.6 Å².